The topological polar surface area (TPSA) is 78.8 Å². The summed E-state index contributed by atoms with van der Waals surface area (Å²) in [6.45, 7) is 4.21. The van der Waals surface area contributed by atoms with E-state index in [9.17, 15) is 13.5 Å². The predicted octanol–water partition coefficient (Wildman–Crippen LogP) is 3.56. The van der Waals surface area contributed by atoms with Gasteiger partial charge in [0.1, 0.15) is 5.75 Å². The van der Waals surface area contributed by atoms with E-state index < -0.39 is 10.0 Å². The van der Waals surface area contributed by atoms with Crippen molar-refractivity contribution in [3.8, 4) is 5.75 Å². The van der Waals surface area contributed by atoms with Crippen molar-refractivity contribution in [1.29, 1.82) is 0 Å². The van der Waals surface area contributed by atoms with E-state index in [1.165, 1.54) is 24.4 Å². The molecule has 5 nitrogen and oxygen atoms in total. The summed E-state index contributed by atoms with van der Waals surface area (Å²) in [5.74, 6) is 0.459. The number of phenols is 1. The van der Waals surface area contributed by atoms with Crippen LogP contribution in [0.3, 0.4) is 0 Å². The Labute approximate surface area is 147 Å². The molecule has 0 aliphatic carbocycles. The van der Waals surface area contributed by atoms with Crippen LogP contribution >= 0.6 is 11.6 Å². The summed E-state index contributed by atoms with van der Waals surface area (Å²) in [4.78, 5) is 2.25. The second kappa shape index (κ2) is 7.68. The van der Waals surface area contributed by atoms with Crippen LogP contribution in [0, 0.1) is 5.92 Å². The van der Waals surface area contributed by atoms with Crippen LogP contribution in [0.4, 0.5) is 0 Å². The van der Waals surface area contributed by atoms with Gasteiger partial charge in [-0.05, 0) is 48.2 Å². The van der Waals surface area contributed by atoms with Crippen molar-refractivity contribution < 1.29 is 13.5 Å². The number of hydrogen-bond acceptors (Lipinski definition) is 4. The highest BCUT2D eigenvalue weighted by molar-refractivity contribution is 7.89. The first-order valence-electron chi connectivity index (χ1n) is 7.40. The van der Waals surface area contributed by atoms with Gasteiger partial charge in [-0.25, -0.2) is 4.83 Å². The SMILES string of the molecule is CC(C)Cc1ccc(S(=O)(=O)NN=Cc2cc(Cl)ccc2O)cc1. The van der Waals surface area contributed by atoms with Crippen molar-refractivity contribution in [2.45, 2.75) is 25.2 Å². The summed E-state index contributed by atoms with van der Waals surface area (Å²) >= 11 is 5.82. The molecule has 0 aliphatic heterocycles. The lowest BCUT2D eigenvalue weighted by atomic mass is 10.0. The van der Waals surface area contributed by atoms with Gasteiger partial charge in [0.15, 0.2) is 0 Å². The van der Waals surface area contributed by atoms with Gasteiger partial charge in [0, 0.05) is 10.6 Å². The molecule has 2 aromatic carbocycles. The highest BCUT2D eigenvalue weighted by atomic mass is 35.5. The second-order valence-corrected chi connectivity index (χ2v) is 7.90. The number of nitrogens with one attached hydrogen (secondary N) is 1. The Hall–Kier alpha value is -2.05. The quantitative estimate of drug-likeness (QED) is 0.606. The Morgan fingerprint density at radius 2 is 1.88 bits per heavy atom. The third kappa shape index (κ3) is 4.97. The fraction of sp³-hybridized carbons (Fsp3) is 0.235. The minimum atomic E-state index is -3.76. The Morgan fingerprint density at radius 1 is 1.21 bits per heavy atom. The van der Waals surface area contributed by atoms with Crippen molar-refractivity contribution in [1.82, 2.24) is 4.83 Å². The molecule has 0 fully saturated rings. The lowest BCUT2D eigenvalue weighted by Gasteiger charge is -2.07. The monoisotopic (exact) mass is 366 g/mol. The van der Waals surface area contributed by atoms with E-state index in [-0.39, 0.29) is 10.6 Å². The minimum absolute atomic E-state index is 0.0413. The molecule has 2 aromatic rings. The number of phenolic OH excluding ortho intramolecular Hbond substituents is 1. The summed E-state index contributed by atoms with van der Waals surface area (Å²) in [7, 11) is -3.76. The molecule has 0 aliphatic rings. The number of rotatable bonds is 6. The average Bonchev–Trinajstić information content (AvgIpc) is 2.50. The smallest absolute Gasteiger partial charge is 0.276 e. The van der Waals surface area contributed by atoms with Gasteiger partial charge in [-0.2, -0.15) is 13.5 Å². The maximum Gasteiger partial charge on any atom is 0.276 e. The van der Waals surface area contributed by atoms with E-state index in [1.807, 2.05) is 0 Å². The van der Waals surface area contributed by atoms with E-state index in [0.29, 0.717) is 16.5 Å². The number of sulfonamides is 1. The fourth-order valence-corrected chi connectivity index (χ4v) is 3.09. The number of halogens is 1. The van der Waals surface area contributed by atoms with Crippen LogP contribution in [0.15, 0.2) is 52.5 Å². The Bertz CT molecular complexity index is 831. The third-order valence-electron chi connectivity index (χ3n) is 3.24. The summed E-state index contributed by atoms with van der Waals surface area (Å²) in [5, 5.41) is 13.8. The van der Waals surface area contributed by atoms with Gasteiger partial charge >= 0.3 is 0 Å². The standard InChI is InChI=1S/C17H19ClN2O3S/c1-12(2)9-13-3-6-16(7-4-13)24(22,23)20-19-11-14-10-15(18)5-8-17(14)21/h3-8,10-12,20-21H,9H2,1-2H3. The average molecular weight is 367 g/mol. The van der Waals surface area contributed by atoms with Crippen molar-refractivity contribution in [2.24, 2.45) is 11.0 Å². The summed E-state index contributed by atoms with van der Waals surface area (Å²) in [6.07, 6.45) is 2.09. The summed E-state index contributed by atoms with van der Waals surface area (Å²) < 4.78 is 24.4. The van der Waals surface area contributed by atoms with E-state index in [4.69, 9.17) is 11.6 Å². The molecule has 24 heavy (non-hydrogen) atoms. The molecule has 0 heterocycles. The normalized spacial score (nSPS) is 12.0. The van der Waals surface area contributed by atoms with Crippen molar-refractivity contribution in [3.63, 3.8) is 0 Å². The maximum absolute atomic E-state index is 12.2. The van der Waals surface area contributed by atoms with Crippen molar-refractivity contribution in [3.05, 3.63) is 58.6 Å². The number of hydrogen-bond donors (Lipinski definition) is 2. The molecule has 0 spiro atoms. The highest BCUT2D eigenvalue weighted by Crippen LogP contribution is 2.19. The number of aromatic hydroxyl groups is 1. The van der Waals surface area contributed by atoms with E-state index in [0.717, 1.165) is 12.0 Å². The largest absolute Gasteiger partial charge is 0.507 e. The summed E-state index contributed by atoms with van der Waals surface area (Å²) in [6, 6.07) is 11.1. The van der Waals surface area contributed by atoms with Gasteiger partial charge < -0.3 is 5.11 Å². The van der Waals surface area contributed by atoms with E-state index >= 15 is 0 Å². The van der Waals surface area contributed by atoms with Gasteiger partial charge in [0.2, 0.25) is 0 Å². The number of benzene rings is 2. The molecule has 128 valence electrons. The third-order valence-corrected chi connectivity index (χ3v) is 4.72. The molecule has 0 saturated heterocycles. The molecule has 2 rings (SSSR count). The Morgan fingerprint density at radius 3 is 2.50 bits per heavy atom. The molecule has 0 unspecified atom stereocenters. The first-order valence-corrected chi connectivity index (χ1v) is 9.26. The van der Waals surface area contributed by atoms with Crippen molar-refractivity contribution >= 4 is 27.8 Å². The molecule has 0 radical (unpaired) electrons. The Balaban J connectivity index is 2.10. The zero-order valence-corrected chi connectivity index (χ0v) is 15.0. The lowest BCUT2D eigenvalue weighted by molar-refractivity contribution is 0.474. The number of nitrogens with zero attached hydrogens (tertiary/aromatic N) is 1. The van der Waals surface area contributed by atoms with E-state index in [1.54, 1.807) is 24.3 Å². The number of hydrazone groups is 1. The maximum atomic E-state index is 12.2. The van der Waals surface area contributed by atoms with Gasteiger partial charge in [-0.1, -0.05) is 37.6 Å². The minimum Gasteiger partial charge on any atom is -0.507 e. The van der Waals surface area contributed by atoms with Crippen LogP contribution in [0.5, 0.6) is 5.75 Å². The van der Waals surface area contributed by atoms with Crippen LogP contribution in [0.2, 0.25) is 5.02 Å². The first-order chi connectivity index (χ1) is 11.3. The van der Waals surface area contributed by atoms with Crippen molar-refractivity contribution in [2.75, 3.05) is 0 Å². The first kappa shape index (κ1) is 18.3. The second-order valence-electron chi connectivity index (χ2n) is 5.80. The van der Waals surface area contributed by atoms with Crippen LogP contribution in [-0.4, -0.2) is 19.7 Å². The van der Waals surface area contributed by atoms with Crippen LogP contribution in [-0.2, 0) is 16.4 Å². The molecular formula is C17H19ClN2O3S. The van der Waals surface area contributed by atoms with Crippen LogP contribution in [0.1, 0.15) is 25.0 Å². The van der Waals surface area contributed by atoms with E-state index in [2.05, 4.69) is 23.8 Å². The lowest BCUT2D eigenvalue weighted by Crippen LogP contribution is -2.18. The molecular weight excluding hydrogens is 348 g/mol. The molecule has 0 atom stereocenters. The fourth-order valence-electron chi connectivity index (χ4n) is 2.12. The molecule has 0 saturated carbocycles. The highest BCUT2D eigenvalue weighted by Gasteiger charge is 2.12. The predicted molar refractivity (Wildman–Crippen MR) is 96.0 cm³/mol. The molecule has 0 aromatic heterocycles. The molecule has 0 bridgehead atoms. The van der Waals surface area contributed by atoms with Gasteiger partial charge in [0.25, 0.3) is 10.0 Å². The molecule has 7 heteroatoms. The van der Waals surface area contributed by atoms with Crippen LogP contribution in [0.25, 0.3) is 0 Å². The zero-order chi connectivity index (χ0) is 17.7. The molecule has 0 amide bonds. The van der Waals surface area contributed by atoms with Crippen LogP contribution < -0.4 is 4.83 Å². The molecule has 2 N–H and O–H groups in total. The summed E-state index contributed by atoms with van der Waals surface area (Å²) in [5.41, 5.74) is 1.40. The van der Waals surface area contributed by atoms with Gasteiger partial charge in [-0.3, -0.25) is 0 Å². The Kier molecular flexibility index (Phi) is 5.85. The zero-order valence-electron chi connectivity index (χ0n) is 13.4. The van der Waals surface area contributed by atoms with Gasteiger partial charge in [0.05, 0.1) is 11.1 Å². The van der Waals surface area contributed by atoms with Gasteiger partial charge in [-0.15, -0.1) is 0 Å².